The van der Waals surface area contributed by atoms with Crippen LogP contribution in [0.5, 0.6) is 0 Å². The maximum absolute atomic E-state index is 13.0. The number of imidazole rings is 1. The molecule has 5 rings (SSSR count). The maximum atomic E-state index is 13.0. The van der Waals surface area contributed by atoms with Gasteiger partial charge in [-0.05, 0) is 81.8 Å². The van der Waals surface area contributed by atoms with Crippen molar-refractivity contribution in [2.45, 2.75) is 52.4 Å². The van der Waals surface area contributed by atoms with Crippen LogP contribution in [-0.4, -0.2) is 70.9 Å². The van der Waals surface area contributed by atoms with Crippen molar-refractivity contribution in [1.82, 2.24) is 25.1 Å². The van der Waals surface area contributed by atoms with E-state index in [2.05, 4.69) is 34.0 Å². The summed E-state index contributed by atoms with van der Waals surface area (Å²) in [6.07, 6.45) is 4.36. The topological polar surface area (TPSA) is 81.3 Å². The number of carbonyl (C=O) groups is 2. The third-order valence-corrected chi connectivity index (χ3v) is 8.26. The van der Waals surface area contributed by atoms with Gasteiger partial charge in [0.15, 0.2) is 0 Å². The summed E-state index contributed by atoms with van der Waals surface area (Å²) in [7, 11) is 0. The summed E-state index contributed by atoms with van der Waals surface area (Å²) in [6.45, 7) is 11.9. The van der Waals surface area contributed by atoms with E-state index in [0.29, 0.717) is 23.9 Å². The molecule has 3 aromatic rings. The number of H-pyrrole nitrogens is 1. The first-order valence-electron chi connectivity index (χ1n) is 14.2. The number of likely N-dealkylation sites (tertiary alicyclic amines) is 2. The van der Waals surface area contributed by atoms with Gasteiger partial charge < -0.3 is 20.1 Å². The molecule has 2 aliphatic rings. The van der Waals surface area contributed by atoms with E-state index in [1.807, 2.05) is 54.3 Å². The highest BCUT2D eigenvalue weighted by atomic mass is 16.2. The molecule has 1 aromatic heterocycles. The summed E-state index contributed by atoms with van der Waals surface area (Å²) in [5, 5.41) is 3.18. The monoisotopic (exact) mass is 515 g/mol. The van der Waals surface area contributed by atoms with Gasteiger partial charge in [0.25, 0.3) is 11.8 Å². The molecule has 0 saturated carbocycles. The number of aryl methyl sites for hydroxylation is 1. The molecule has 2 aliphatic heterocycles. The van der Waals surface area contributed by atoms with Crippen LogP contribution in [-0.2, 0) is 0 Å². The molecule has 2 aromatic carbocycles. The van der Waals surface area contributed by atoms with Crippen LogP contribution in [0.4, 0.5) is 0 Å². The Kier molecular flexibility index (Phi) is 8.12. The molecular formula is C31H41N5O2. The fraction of sp³-hybridized carbons (Fsp3) is 0.516. The average molecular weight is 516 g/mol. The van der Waals surface area contributed by atoms with E-state index >= 15 is 0 Å². The van der Waals surface area contributed by atoms with Crippen molar-refractivity contribution < 1.29 is 9.59 Å². The second-order valence-corrected chi connectivity index (χ2v) is 11.5. The van der Waals surface area contributed by atoms with Crippen molar-refractivity contribution in [1.29, 1.82) is 0 Å². The number of rotatable bonds is 7. The van der Waals surface area contributed by atoms with Crippen LogP contribution >= 0.6 is 0 Å². The van der Waals surface area contributed by atoms with E-state index in [9.17, 15) is 9.59 Å². The number of para-hydroxylation sites is 1. The minimum atomic E-state index is -0.0354. The Balaban J connectivity index is 1.04. The van der Waals surface area contributed by atoms with Crippen molar-refractivity contribution >= 4 is 22.8 Å². The number of nitrogens with zero attached hydrogens (tertiary/aromatic N) is 3. The molecule has 38 heavy (non-hydrogen) atoms. The predicted octanol–water partition coefficient (Wildman–Crippen LogP) is 4.99. The lowest BCUT2D eigenvalue weighted by molar-refractivity contribution is 0.0652. The first kappa shape index (κ1) is 26.4. The summed E-state index contributed by atoms with van der Waals surface area (Å²) in [6, 6.07) is 13.7. The standard InChI is InChI=1S/C31H41N5O2/c1-21(2)29-33-27-9-5-8-26(28(27)34-29)30(37)32-19-23-10-14-35(15-11-23)20-24-12-16-36(17-13-24)31(38)25-7-4-6-22(3)18-25/h4-9,18,21,23-24H,10-17,19-20H2,1-3H3,(H,32,37)(H,33,34). The van der Waals surface area contributed by atoms with Gasteiger partial charge in [-0.15, -0.1) is 0 Å². The van der Waals surface area contributed by atoms with Crippen LogP contribution < -0.4 is 5.32 Å². The lowest BCUT2D eigenvalue weighted by atomic mass is 9.92. The molecule has 7 nitrogen and oxygen atoms in total. The number of benzene rings is 2. The number of hydrogen-bond donors (Lipinski definition) is 2. The predicted molar refractivity (Wildman–Crippen MR) is 151 cm³/mol. The van der Waals surface area contributed by atoms with Crippen LogP contribution in [0.1, 0.15) is 77.6 Å². The first-order valence-corrected chi connectivity index (χ1v) is 14.2. The molecule has 0 bridgehead atoms. The number of aromatic nitrogens is 2. The molecule has 0 radical (unpaired) electrons. The summed E-state index contributed by atoms with van der Waals surface area (Å²) >= 11 is 0. The fourth-order valence-corrected chi connectivity index (χ4v) is 5.86. The van der Waals surface area contributed by atoms with Gasteiger partial charge in [0.1, 0.15) is 11.3 Å². The number of piperidine rings is 2. The zero-order chi connectivity index (χ0) is 26.6. The zero-order valence-corrected chi connectivity index (χ0v) is 23.0. The van der Waals surface area contributed by atoms with Gasteiger partial charge in [0, 0.05) is 37.7 Å². The largest absolute Gasteiger partial charge is 0.352 e. The normalized spacial score (nSPS) is 17.8. The molecule has 2 saturated heterocycles. The Labute approximate surface area is 226 Å². The maximum Gasteiger partial charge on any atom is 0.253 e. The number of aromatic amines is 1. The van der Waals surface area contributed by atoms with Gasteiger partial charge in [0.2, 0.25) is 0 Å². The highest BCUT2D eigenvalue weighted by Gasteiger charge is 2.27. The third-order valence-electron chi connectivity index (χ3n) is 8.26. The number of nitrogens with one attached hydrogen (secondary N) is 2. The van der Waals surface area contributed by atoms with E-state index in [-0.39, 0.29) is 17.7 Å². The molecule has 0 unspecified atom stereocenters. The van der Waals surface area contributed by atoms with Gasteiger partial charge >= 0.3 is 0 Å². The van der Waals surface area contributed by atoms with Crippen LogP contribution in [0.15, 0.2) is 42.5 Å². The van der Waals surface area contributed by atoms with Crippen molar-refractivity contribution in [3.05, 3.63) is 65.0 Å². The van der Waals surface area contributed by atoms with Crippen LogP contribution in [0, 0.1) is 18.8 Å². The number of amides is 2. The Morgan fingerprint density at radius 1 is 1.00 bits per heavy atom. The first-order chi connectivity index (χ1) is 18.4. The summed E-state index contributed by atoms with van der Waals surface area (Å²) in [5.74, 6) is 2.49. The molecular weight excluding hydrogens is 474 g/mol. The average Bonchev–Trinajstić information content (AvgIpc) is 3.38. The van der Waals surface area contributed by atoms with Crippen molar-refractivity contribution in [2.24, 2.45) is 11.8 Å². The van der Waals surface area contributed by atoms with Gasteiger partial charge in [0.05, 0.1) is 11.1 Å². The van der Waals surface area contributed by atoms with Crippen molar-refractivity contribution in [2.75, 3.05) is 39.3 Å². The molecule has 202 valence electrons. The Morgan fingerprint density at radius 3 is 2.42 bits per heavy atom. The summed E-state index contributed by atoms with van der Waals surface area (Å²) in [5.41, 5.74) is 4.26. The number of hydrogen-bond acceptors (Lipinski definition) is 4. The molecule has 0 atom stereocenters. The van der Waals surface area contributed by atoms with Crippen molar-refractivity contribution in [3.8, 4) is 0 Å². The Morgan fingerprint density at radius 2 is 1.71 bits per heavy atom. The Hall–Kier alpha value is -3.19. The molecule has 2 amide bonds. The van der Waals surface area contributed by atoms with Crippen LogP contribution in [0.3, 0.4) is 0 Å². The molecule has 2 fully saturated rings. The lowest BCUT2D eigenvalue weighted by Gasteiger charge is -2.37. The quantitative estimate of drug-likeness (QED) is 0.465. The summed E-state index contributed by atoms with van der Waals surface area (Å²) < 4.78 is 0. The molecule has 0 aliphatic carbocycles. The van der Waals surface area contributed by atoms with E-state index in [1.54, 1.807) is 0 Å². The minimum absolute atomic E-state index is 0.0354. The van der Waals surface area contributed by atoms with Crippen LogP contribution in [0.25, 0.3) is 11.0 Å². The van der Waals surface area contributed by atoms with E-state index in [1.165, 1.54) is 0 Å². The molecule has 2 N–H and O–H groups in total. The highest BCUT2D eigenvalue weighted by Crippen LogP contribution is 2.24. The molecule has 0 spiro atoms. The fourth-order valence-electron chi connectivity index (χ4n) is 5.86. The zero-order valence-electron chi connectivity index (χ0n) is 23.0. The van der Waals surface area contributed by atoms with Crippen LogP contribution in [0.2, 0.25) is 0 Å². The second-order valence-electron chi connectivity index (χ2n) is 11.5. The smallest absolute Gasteiger partial charge is 0.253 e. The Bertz CT molecular complexity index is 1270. The minimum Gasteiger partial charge on any atom is -0.352 e. The SMILES string of the molecule is Cc1cccc(C(=O)N2CCC(CN3CCC(CNC(=O)c4cccc5[nH]c(C(C)C)nc45)CC3)CC2)c1. The molecule has 7 heteroatoms. The van der Waals surface area contributed by atoms with Crippen molar-refractivity contribution in [3.63, 3.8) is 0 Å². The van der Waals surface area contributed by atoms with E-state index < -0.39 is 0 Å². The third kappa shape index (κ3) is 6.09. The van der Waals surface area contributed by atoms with E-state index in [4.69, 9.17) is 0 Å². The molecule has 3 heterocycles. The van der Waals surface area contributed by atoms with Gasteiger partial charge in [-0.25, -0.2) is 4.98 Å². The number of fused-ring (bicyclic) bond motifs is 1. The van der Waals surface area contributed by atoms with E-state index in [0.717, 1.165) is 86.4 Å². The van der Waals surface area contributed by atoms with Gasteiger partial charge in [-0.3, -0.25) is 9.59 Å². The highest BCUT2D eigenvalue weighted by molar-refractivity contribution is 6.04. The summed E-state index contributed by atoms with van der Waals surface area (Å²) in [4.78, 5) is 38.5. The van der Waals surface area contributed by atoms with Gasteiger partial charge in [-0.2, -0.15) is 0 Å². The number of carbonyl (C=O) groups excluding carboxylic acids is 2. The van der Waals surface area contributed by atoms with Gasteiger partial charge in [-0.1, -0.05) is 37.6 Å². The lowest BCUT2D eigenvalue weighted by Crippen LogP contribution is -2.44. The second kappa shape index (κ2) is 11.7.